The van der Waals surface area contributed by atoms with Crippen molar-refractivity contribution in [3.8, 4) is 0 Å². The molecule has 0 aliphatic heterocycles. The molecular formula is C50H80NO9P. The lowest BCUT2D eigenvalue weighted by Crippen LogP contribution is -2.37. The number of esters is 2. The third-order valence-electron chi connectivity index (χ3n) is 8.56. The number of hydrogen-bond donors (Lipinski definition) is 1. The Hall–Kier alpha value is -3.63. The molecule has 0 aliphatic rings. The average molecular weight is 870 g/mol. The summed E-state index contributed by atoms with van der Waals surface area (Å²) in [7, 11) is 1.05. The highest BCUT2D eigenvalue weighted by Gasteiger charge is 2.21. The summed E-state index contributed by atoms with van der Waals surface area (Å²) in [6, 6.07) is 0. The zero-order valence-electron chi connectivity index (χ0n) is 38.2. The van der Waals surface area contributed by atoms with Gasteiger partial charge in [-0.05, 0) is 89.9 Å². The van der Waals surface area contributed by atoms with Gasteiger partial charge < -0.3 is 33.0 Å². The molecule has 0 radical (unpaired) electrons. The molecule has 0 aromatic rings. The van der Waals surface area contributed by atoms with E-state index in [-0.39, 0.29) is 26.1 Å². The Labute approximate surface area is 370 Å². The third-order valence-corrected chi connectivity index (χ3v) is 9.52. The van der Waals surface area contributed by atoms with Gasteiger partial charge in [0.2, 0.25) is 0 Å². The van der Waals surface area contributed by atoms with Gasteiger partial charge in [-0.3, -0.25) is 14.2 Å². The molecule has 0 saturated carbocycles. The minimum absolute atomic E-state index is 0.0661. The van der Waals surface area contributed by atoms with Gasteiger partial charge in [-0.25, -0.2) is 0 Å². The van der Waals surface area contributed by atoms with Crippen LogP contribution in [0.1, 0.15) is 123 Å². The number of aliphatic hydroxyl groups is 1. The van der Waals surface area contributed by atoms with Crippen molar-refractivity contribution >= 4 is 19.8 Å². The quantitative estimate of drug-likeness (QED) is 0.0161. The van der Waals surface area contributed by atoms with Crippen molar-refractivity contribution in [3.05, 3.63) is 122 Å². The third kappa shape index (κ3) is 44.2. The molecule has 3 atom stereocenters. The summed E-state index contributed by atoms with van der Waals surface area (Å²) < 4.78 is 33.8. The lowest BCUT2D eigenvalue weighted by atomic mass is 10.1. The van der Waals surface area contributed by atoms with Crippen molar-refractivity contribution < 1.29 is 47.2 Å². The number of rotatable bonds is 38. The summed E-state index contributed by atoms with van der Waals surface area (Å²) in [5.41, 5.74) is 0. The fraction of sp³-hybridized carbons (Fsp3) is 0.560. The summed E-state index contributed by atoms with van der Waals surface area (Å²) in [6.07, 6.45) is 52.6. The highest BCUT2D eigenvalue weighted by molar-refractivity contribution is 7.45. The zero-order valence-corrected chi connectivity index (χ0v) is 39.1. The van der Waals surface area contributed by atoms with Crippen LogP contribution >= 0.6 is 7.82 Å². The SMILES string of the molecule is CC/C=C\C/C=C\C/C=C\C/C=C\C/C=C\CCCCCC(=O)OC[C@H](COP(=O)([O-])OCC[N+](C)(C)C)OC(=O)CCC/C=C\C/C=C\C=C\C(O)C/C=C\C/C=C\CC. The molecule has 1 N–H and O–H groups in total. The molecule has 11 heteroatoms. The van der Waals surface area contributed by atoms with Crippen LogP contribution in [0.5, 0.6) is 0 Å². The van der Waals surface area contributed by atoms with Gasteiger partial charge in [0.1, 0.15) is 19.8 Å². The number of aliphatic hydroxyl groups excluding tert-OH is 1. The second-order valence-corrected chi connectivity index (χ2v) is 16.9. The molecule has 10 nitrogen and oxygen atoms in total. The molecule has 0 aliphatic carbocycles. The van der Waals surface area contributed by atoms with E-state index in [0.29, 0.717) is 43.1 Å². The lowest BCUT2D eigenvalue weighted by molar-refractivity contribution is -0.870. The van der Waals surface area contributed by atoms with Crippen molar-refractivity contribution in [2.24, 2.45) is 0 Å². The van der Waals surface area contributed by atoms with Crippen LogP contribution in [0.2, 0.25) is 0 Å². The maximum Gasteiger partial charge on any atom is 0.306 e. The molecule has 0 heterocycles. The number of allylic oxidation sites excluding steroid dienone is 18. The number of ether oxygens (including phenoxy) is 2. The Morgan fingerprint density at radius 2 is 1.11 bits per heavy atom. The van der Waals surface area contributed by atoms with E-state index in [2.05, 4.69) is 86.8 Å². The first kappa shape index (κ1) is 57.4. The Bertz CT molecular complexity index is 1460. The molecule has 344 valence electrons. The molecule has 2 unspecified atom stereocenters. The number of carbonyl (C=O) groups excluding carboxylic acids is 2. The van der Waals surface area contributed by atoms with Crippen LogP contribution in [0, 0.1) is 0 Å². The van der Waals surface area contributed by atoms with Gasteiger partial charge in [0.15, 0.2) is 6.10 Å². The van der Waals surface area contributed by atoms with E-state index < -0.39 is 38.6 Å². The van der Waals surface area contributed by atoms with E-state index in [4.69, 9.17) is 18.5 Å². The van der Waals surface area contributed by atoms with Gasteiger partial charge in [0.05, 0.1) is 33.9 Å². The van der Waals surface area contributed by atoms with Crippen molar-refractivity contribution in [2.45, 2.75) is 135 Å². The Morgan fingerprint density at radius 1 is 0.607 bits per heavy atom. The first-order valence-corrected chi connectivity index (χ1v) is 23.8. The highest BCUT2D eigenvalue weighted by Crippen LogP contribution is 2.38. The molecule has 0 aromatic carbocycles. The normalized spacial score (nSPS) is 15.2. The van der Waals surface area contributed by atoms with Crippen LogP contribution in [0.4, 0.5) is 0 Å². The summed E-state index contributed by atoms with van der Waals surface area (Å²) in [5, 5.41) is 10.0. The number of likely N-dealkylation sites (N-methyl/N-ethyl adjacent to an activating group) is 1. The largest absolute Gasteiger partial charge is 0.756 e. The number of quaternary nitrogens is 1. The van der Waals surface area contributed by atoms with E-state index in [0.717, 1.165) is 64.2 Å². The van der Waals surface area contributed by atoms with Crippen molar-refractivity contribution in [1.29, 1.82) is 0 Å². The molecule has 61 heavy (non-hydrogen) atoms. The summed E-state index contributed by atoms with van der Waals surface area (Å²) >= 11 is 0. The smallest absolute Gasteiger partial charge is 0.306 e. The molecule has 0 bridgehead atoms. The Kier molecular flexibility index (Phi) is 38.0. The van der Waals surface area contributed by atoms with Crippen molar-refractivity contribution in [3.63, 3.8) is 0 Å². The van der Waals surface area contributed by atoms with Gasteiger partial charge in [0, 0.05) is 12.8 Å². The summed E-state index contributed by atoms with van der Waals surface area (Å²) in [5.74, 6) is -0.995. The second-order valence-electron chi connectivity index (χ2n) is 15.5. The molecular weight excluding hydrogens is 790 g/mol. The fourth-order valence-electron chi connectivity index (χ4n) is 5.09. The monoisotopic (exact) mass is 870 g/mol. The lowest BCUT2D eigenvalue weighted by Gasteiger charge is -2.28. The predicted molar refractivity (Wildman–Crippen MR) is 250 cm³/mol. The van der Waals surface area contributed by atoms with Gasteiger partial charge in [-0.2, -0.15) is 0 Å². The molecule has 0 amide bonds. The standard InChI is InChI=1S/C50H80NO9P/c1-6-8-10-12-14-15-16-17-18-19-20-21-22-23-24-25-29-33-37-41-49(53)57-45-48(46-59-61(55,56)58-44-43-51(3,4)5)60-50(54)42-38-34-30-27-26-28-32-36-40-47(52)39-35-31-13-11-9-7-2/h8-11,14-15,17-18,20-21,23-24,27-28,30-32,35-36,40,47-48,52H,6-7,12-13,16,19,22,25-26,29,33-34,37-39,41-46H2,1-5H3/b10-8-,11-9-,15-14-,18-17-,21-20-,24-23-,30-27-,32-28-,35-31-,40-36+/t47?,48-/m1/s1. The first-order chi connectivity index (χ1) is 29.4. The van der Waals surface area contributed by atoms with Gasteiger partial charge in [-0.1, -0.05) is 142 Å². The van der Waals surface area contributed by atoms with E-state index in [1.165, 1.54) is 0 Å². The minimum Gasteiger partial charge on any atom is -0.756 e. The van der Waals surface area contributed by atoms with Crippen LogP contribution in [0.15, 0.2) is 122 Å². The van der Waals surface area contributed by atoms with Gasteiger partial charge in [-0.15, -0.1) is 0 Å². The van der Waals surface area contributed by atoms with E-state index >= 15 is 0 Å². The van der Waals surface area contributed by atoms with Crippen LogP contribution < -0.4 is 4.89 Å². The van der Waals surface area contributed by atoms with Crippen LogP contribution in [0.25, 0.3) is 0 Å². The minimum atomic E-state index is -4.68. The maximum absolute atomic E-state index is 12.7. The van der Waals surface area contributed by atoms with E-state index in [1.807, 2.05) is 63.7 Å². The maximum atomic E-state index is 12.7. The topological polar surface area (TPSA) is 131 Å². The zero-order chi connectivity index (χ0) is 45.1. The number of nitrogens with zero attached hydrogens (tertiary/aromatic N) is 1. The molecule has 0 saturated heterocycles. The molecule has 0 aromatic heterocycles. The highest BCUT2D eigenvalue weighted by atomic mass is 31.2. The predicted octanol–water partition coefficient (Wildman–Crippen LogP) is 11.2. The van der Waals surface area contributed by atoms with Gasteiger partial charge >= 0.3 is 11.9 Å². The molecule has 0 spiro atoms. The van der Waals surface area contributed by atoms with Crippen LogP contribution in [0.3, 0.4) is 0 Å². The Balaban J connectivity index is 4.60. The van der Waals surface area contributed by atoms with E-state index in [1.54, 1.807) is 6.08 Å². The van der Waals surface area contributed by atoms with E-state index in [9.17, 15) is 24.2 Å². The average Bonchev–Trinajstić information content (AvgIpc) is 3.21. The number of hydrogen-bond acceptors (Lipinski definition) is 9. The number of phosphoric ester groups is 1. The van der Waals surface area contributed by atoms with Gasteiger partial charge in [0.25, 0.3) is 7.82 Å². The molecule has 0 rings (SSSR count). The van der Waals surface area contributed by atoms with Crippen molar-refractivity contribution in [1.82, 2.24) is 0 Å². The Morgan fingerprint density at radius 3 is 1.69 bits per heavy atom. The fourth-order valence-corrected chi connectivity index (χ4v) is 5.82. The number of unbranched alkanes of at least 4 members (excludes halogenated alkanes) is 4. The summed E-state index contributed by atoms with van der Waals surface area (Å²) in [6.45, 7) is 3.76. The van der Waals surface area contributed by atoms with Crippen molar-refractivity contribution in [2.75, 3.05) is 47.5 Å². The number of phosphoric acid groups is 1. The molecule has 0 fully saturated rings. The first-order valence-electron chi connectivity index (χ1n) is 22.4. The second kappa shape index (κ2) is 40.4. The van der Waals surface area contributed by atoms with Crippen LogP contribution in [-0.4, -0.2) is 81.2 Å². The van der Waals surface area contributed by atoms with Crippen LogP contribution in [-0.2, 0) is 32.7 Å². The number of carbonyl (C=O) groups is 2. The summed E-state index contributed by atoms with van der Waals surface area (Å²) in [4.78, 5) is 37.6.